The van der Waals surface area contributed by atoms with E-state index in [1.165, 1.54) is 0 Å². The van der Waals surface area contributed by atoms with Crippen molar-refractivity contribution in [3.8, 4) is 11.1 Å². The van der Waals surface area contributed by atoms with Crippen LogP contribution in [0.1, 0.15) is 70.9 Å². The van der Waals surface area contributed by atoms with Crippen molar-refractivity contribution in [2.75, 3.05) is 32.1 Å². The lowest BCUT2D eigenvalue weighted by atomic mass is 9.85. The minimum atomic E-state index is -0.835. The average molecular weight is 552 g/mol. The Balaban J connectivity index is 1.32. The van der Waals surface area contributed by atoms with Crippen molar-refractivity contribution in [2.24, 2.45) is 0 Å². The quantitative estimate of drug-likeness (QED) is 0.438. The second kappa shape index (κ2) is 10.8. The lowest BCUT2D eigenvalue weighted by molar-refractivity contribution is -0.148. The van der Waals surface area contributed by atoms with Crippen LogP contribution in [0.5, 0.6) is 0 Å². The van der Waals surface area contributed by atoms with E-state index in [2.05, 4.69) is 21.5 Å². The van der Waals surface area contributed by atoms with Crippen LogP contribution in [0.3, 0.4) is 0 Å². The Morgan fingerprint density at radius 1 is 1.18 bits per heavy atom. The smallest absolute Gasteiger partial charge is 0.250 e. The predicted octanol–water partition coefficient (Wildman–Crippen LogP) is 3.18. The standard InChI is InChI=1S/C29H41N7O4/c1-18(17-39-4)32-28-30-13-26-24(11-25(36(26)33-28)19-5-7-21(37)8-6-19)20-12-31-35(14-20)29(2,3)27(38)34-15-22-9-10-23(16-34)40-22/h11-14,18-19,21-23,37H,5-10,15-17H2,1-4H3,(H,32,33)/t18-,19-,21-,22-,23+/m0/s1. The van der Waals surface area contributed by atoms with E-state index in [1.54, 1.807) is 11.8 Å². The zero-order valence-corrected chi connectivity index (χ0v) is 23.9. The number of hydrogen-bond donors (Lipinski definition) is 2. The van der Waals surface area contributed by atoms with Gasteiger partial charge in [-0.25, -0.2) is 9.50 Å². The number of hydrogen-bond acceptors (Lipinski definition) is 8. The summed E-state index contributed by atoms with van der Waals surface area (Å²) in [5.41, 5.74) is 3.06. The molecule has 3 fully saturated rings. The van der Waals surface area contributed by atoms with E-state index in [9.17, 15) is 9.90 Å². The zero-order chi connectivity index (χ0) is 28.0. The third kappa shape index (κ3) is 5.10. The molecule has 0 aromatic carbocycles. The first-order valence-electron chi connectivity index (χ1n) is 14.6. The van der Waals surface area contributed by atoms with Crippen molar-refractivity contribution >= 4 is 17.4 Å². The van der Waals surface area contributed by atoms with Gasteiger partial charge in [0.25, 0.3) is 0 Å². The molecule has 1 amide bonds. The number of methoxy groups -OCH3 is 1. The van der Waals surface area contributed by atoms with E-state index in [-0.39, 0.29) is 36.2 Å². The number of nitrogens with one attached hydrogen (secondary N) is 1. The number of rotatable bonds is 8. The topological polar surface area (TPSA) is 119 Å². The van der Waals surface area contributed by atoms with Crippen LogP contribution in [-0.2, 0) is 19.8 Å². The molecule has 3 aliphatic rings. The molecule has 11 heteroatoms. The second-order valence-corrected chi connectivity index (χ2v) is 12.3. The van der Waals surface area contributed by atoms with Gasteiger partial charge in [-0.15, -0.1) is 5.10 Å². The van der Waals surface area contributed by atoms with E-state index < -0.39 is 5.54 Å². The monoisotopic (exact) mass is 551 g/mol. The van der Waals surface area contributed by atoms with Crippen LogP contribution >= 0.6 is 0 Å². The molecular weight excluding hydrogens is 510 g/mol. The van der Waals surface area contributed by atoms with Gasteiger partial charge in [0.05, 0.1) is 42.8 Å². The van der Waals surface area contributed by atoms with E-state index in [1.807, 2.05) is 48.8 Å². The third-order valence-electron chi connectivity index (χ3n) is 8.77. The summed E-state index contributed by atoms with van der Waals surface area (Å²) < 4.78 is 15.0. The van der Waals surface area contributed by atoms with Crippen LogP contribution in [0, 0.1) is 0 Å². The first kappa shape index (κ1) is 27.2. The highest BCUT2D eigenvalue weighted by molar-refractivity contribution is 5.85. The van der Waals surface area contributed by atoms with Crippen molar-refractivity contribution in [1.82, 2.24) is 29.3 Å². The Morgan fingerprint density at radius 2 is 1.90 bits per heavy atom. The second-order valence-electron chi connectivity index (χ2n) is 12.3. The minimum Gasteiger partial charge on any atom is -0.393 e. The normalized spacial score (nSPS) is 25.9. The van der Waals surface area contributed by atoms with Crippen molar-refractivity contribution in [3.63, 3.8) is 0 Å². The Morgan fingerprint density at radius 3 is 2.60 bits per heavy atom. The Kier molecular flexibility index (Phi) is 7.30. The molecular formula is C29H41N7O4. The Bertz CT molecular complexity index is 1350. The number of amides is 1. The number of nitrogens with zero attached hydrogens (tertiary/aromatic N) is 6. The average Bonchev–Trinajstić information content (AvgIpc) is 3.66. The molecule has 11 nitrogen and oxygen atoms in total. The van der Waals surface area contributed by atoms with E-state index in [4.69, 9.17) is 14.6 Å². The fraction of sp³-hybridized carbons (Fsp3) is 0.655. The molecule has 2 N–H and O–H groups in total. The highest BCUT2D eigenvalue weighted by Gasteiger charge is 2.41. The van der Waals surface area contributed by atoms with E-state index in [0.29, 0.717) is 25.6 Å². The molecule has 1 aliphatic carbocycles. The van der Waals surface area contributed by atoms with Gasteiger partial charge in [-0.05, 0) is 65.4 Å². The van der Waals surface area contributed by atoms with E-state index >= 15 is 0 Å². The molecule has 3 aromatic heterocycles. The lowest BCUT2D eigenvalue weighted by Crippen LogP contribution is -2.53. The molecule has 2 aliphatic heterocycles. The summed E-state index contributed by atoms with van der Waals surface area (Å²) in [6, 6.07) is 2.25. The number of ether oxygens (including phenoxy) is 2. The number of aliphatic hydroxyl groups is 1. The molecule has 1 saturated carbocycles. The lowest BCUT2D eigenvalue weighted by Gasteiger charge is -2.37. The summed E-state index contributed by atoms with van der Waals surface area (Å²) in [5.74, 6) is 0.890. The van der Waals surface area contributed by atoms with Gasteiger partial charge in [0.15, 0.2) is 0 Å². The SMILES string of the molecule is COC[C@H](C)Nc1ncc2c(-c3cnn(C(C)(C)C(=O)N4C[C@H]5CC[C@@H](C4)O5)c3)cc([C@H]3CC[C@H](O)CC3)n2n1. The van der Waals surface area contributed by atoms with Gasteiger partial charge in [-0.2, -0.15) is 5.10 Å². The molecule has 40 heavy (non-hydrogen) atoms. The summed E-state index contributed by atoms with van der Waals surface area (Å²) in [5, 5.41) is 23.0. The van der Waals surface area contributed by atoms with Crippen LogP contribution < -0.4 is 5.32 Å². The summed E-state index contributed by atoms with van der Waals surface area (Å²) >= 11 is 0. The minimum absolute atomic E-state index is 0.0606. The molecule has 0 spiro atoms. The van der Waals surface area contributed by atoms with Gasteiger partial charge in [-0.1, -0.05) is 0 Å². The van der Waals surface area contributed by atoms with Crippen LogP contribution in [0.15, 0.2) is 24.7 Å². The summed E-state index contributed by atoms with van der Waals surface area (Å²) in [6.07, 6.45) is 11.1. The number of morpholine rings is 1. The molecule has 0 unspecified atom stereocenters. The summed E-state index contributed by atoms with van der Waals surface area (Å²) in [6.45, 7) is 7.73. The molecule has 2 saturated heterocycles. The highest BCUT2D eigenvalue weighted by atomic mass is 16.5. The zero-order valence-electron chi connectivity index (χ0n) is 23.9. The number of aliphatic hydroxyl groups excluding tert-OH is 1. The predicted molar refractivity (Wildman–Crippen MR) is 150 cm³/mol. The maximum atomic E-state index is 13.7. The van der Waals surface area contributed by atoms with Crippen molar-refractivity contribution in [1.29, 1.82) is 0 Å². The fourth-order valence-electron chi connectivity index (χ4n) is 6.52. The van der Waals surface area contributed by atoms with Crippen molar-refractivity contribution in [2.45, 2.75) is 95.1 Å². The molecule has 3 atom stereocenters. The maximum absolute atomic E-state index is 13.7. The molecule has 216 valence electrons. The number of fused-ring (bicyclic) bond motifs is 3. The Hall–Kier alpha value is -3.02. The van der Waals surface area contributed by atoms with Crippen LogP contribution in [0.25, 0.3) is 16.6 Å². The number of carbonyl (C=O) groups is 1. The first-order valence-corrected chi connectivity index (χ1v) is 14.6. The molecule has 5 heterocycles. The van der Waals surface area contributed by atoms with Crippen LogP contribution in [0.4, 0.5) is 5.95 Å². The first-order chi connectivity index (χ1) is 19.2. The van der Waals surface area contributed by atoms with Gasteiger partial charge in [0.1, 0.15) is 5.54 Å². The highest BCUT2D eigenvalue weighted by Crippen LogP contribution is 2.38. The fourth-order valence-corrected chi connectivity index (χ4v) is 6.52. The number of carbonyl (C=O) groups excluding carboxylic acids is 1. The number of likely N-dealkylation sites (tertiary alicyclic amines) is 1. The largest absolute Gasteiger partial charge is 0.393 e. The number of aromatic nitrogens is 5. The van der Waals surface area contributed by atoms with Crippen molar-refractivity contribution in [3.05, 3.63) is 30.4 Å². The van der Waals surface area contributed by atoms with Gasteiger partial charge in [0.2, 0.25) is 11.9 Å². The molecule has 3 aromatic rings. The Labute approximate surface area is 234 Å². The molecule has 2 bridgehead atoms. The summed E-state index contributed by atoms with van der Waals surface area (Å²) in [7, 11) is 1.68. The maximum Gasteiger partial charge on any atom is 0.250 e. The van der Waals surface area contributed by atoms with Gasteiger partial charge in [-0.3, -0.25) is 9.48 Å². The molecule has 0 radical (unpaired) electrons. The molecule has 6 rings (SSSR count). The summed E-state index contributed by atoms with van der Waals surface area (Å²) in [4.78, 5) is 20.2. The van der Waals surface area contributed by atoms with Crippen molar-refractivity contribution < 1.29 is 19.4 Å². The van der Waals surface area contributed by atoms with Gasteiger partial charge < -0.3 is 24.8 Å². The third-order valence-corrected chi connectivity index (χ3v) is 8.77. The van der Waals surface area contributed by atoms with Crippen LogP contribution in [-0.4, -0.2) is 91.5 Å². The van der Waals surface area contributed by atoms with Crippen LogP contribution in [0.2, 0.25) is 0 Å². The van der Waals surface area contributed by atoms with E-state index in [0.717, 1.165) is 60.9 Å². The van der Waals surface area contributed by atoms with Gasteiger partial charge in [0, 0.05) is 55.2 Å². The van der Waals surface area contributed by atoms with Gasteiger partial charge >= 0.3 is 0 Å². The number of anilines is 1.